The van der Waals surface area contributed by atoms with Crippen LogP contribution in [0, 0.1) is 0 Å². The fourth-order valence-corrected chi connectivity index (χ4v) is 3.21. The van der Waals surface area contributed by atoms with Crippen LogP contribution in [0.15, 0.2) is 11.6 Å². The number of rotatable bonds is 19. The summed E-state index contributed by atoms with van der Waals surface area (Å²) in [5, 5.41) is 12.0. The highest BCUT2D eigenvalue weighted by Crippen LogP contribution is 2.13. The summed E-state index contributed by atoms with van der Waals surface area (Å²) in [6, 6.07) is -0.331. The van der Waals surface area contributed by atoms with Crippen molar-refractivity contribution in [3.05, 3.63) is 11.6 Å². The van der Waals surface area contributed by atoms with E-state index in [4.69, 9.17) is 4.74 Å². The summed E-state index contributed by atoms with van der Waals surface area (Å²) in [5.74, 6) is -0.110. The monoisotopic (exact) mass is 383 g/mol. The number of methoxy groups -OCH3 is 1. The van der Waals surface area contributed by atoms with Crippen molar-refractivity contribution in [3.8, 4) is 0 Å². The molecule has 160 valence electrons. The lowest BCUT2D eigenvalue weighted by molar-refractivity contribution is -0.118. The maximum atomic E-state index is 12.0. The summed E-state index contributed by atoms with van der Waals surface area (Å²) >= 11 is 0. The molecule has 0 fully saturated rings. The first kappa shape index (κ1) is 26.1. The van der Waals surface area contributed by atoms with Gasteiger partial charge in [-0.3, -0.25) is 4.79 Å². The van der Waals surface area contributed by atoms with Gasteiger partial charge in [0.05, 0.1) is 19.3 Å². The van der Waals surface area contributed by atoms with E-state index in [2.05, 4.69) is 12.2 Å². The number of carbonyl (C=O) groups is 1. The van der Waals surface area contributed by atoms with Crippen LogP contribution in [0.25, 0.3) is 0 Å². The van der Waals surface area contributed by atoms with Crippen molar-refractivity contribution in [1.82, 2.24) is 5.32 Å². The highest BCUT2D eigenvalue weighted by Gasteiger charge is 2.11. The molecule has 0 saturated carbocycles. The van der Waals surface area contributed by atoms with Crippen molar-refractivity contribution in [2.45, 2.75) is 110 Å². The second-order valence-corrected chi connectivity index (χ2v) is 7.73. The van der Waals surface area contributed by atoms with Gasteiger partial charge in [-0.15, -0.1) is 0 Å². The minimum atomic E-state index is -0.331. The van der Waals surface area contributed by atoms with E-state index in [9.17, 15) is 9.90 Å². The van der Waals surface area contributed by atoms with Crippen LogP contribution >= 0.6 is 0 Å². The number of carbonyl (C=O) groups excluding carboxylic acids is 1. The molecule has 2 N–H and O–H groups in total. The fraction of sp³-hybridized carbons (Fsp3) is 0.870. The van der Waals surface area contributed by atoms with Gasteiger partial charge in [0.2, 0.25) is 5.91 Å². The Bertz CT molecular complexity index is 369. The van der Waals surface area contributed by atoms with Crippen LogP contribution in [-0.2, 0) is 9.53 Å². The zero-order chi connectivity index (χ0) is 20.2. The van der Waals surface area contributed by atoms with Gasteiger partial charge in [0, 0.05) is 12.7 Å². The Morgan fingerprint density at radius 2 is 1.41 bits per heavy atom. The Hall–Kier alpha value is -0.870. The molecule has 0 rings (SSSR count). The minimum absolute atomic E-state index is 0.105. The molecule has 0 saturated heterocycles. The number of aliphatic hydroxyl groups excluding tert-OH is 1. The Labute approximate surface area is 168 Å². The third-order valence-corrected chi connectivity index (χ3v) is 5.04. The third kappa shape index (κ3) is 17.0. The molecule has 0 heterocycles. The molecule has 0 radical (unpaired) electrons. The zero-order valence-electron chi connectivity index (χ0n) is 18.2. The molecule has 1 atom stereocenters. The van der Waals surface area contributed by atoms with Crippen LogP contribution < -0.4 is 5.32 Å². The van der Waals surface area contributed by atoms with E-state index in [-0.39, 0.29) is 18.6 Å². The average Bonchev–Trinajstić information content (AvgIpc) is 2.67. The Morgan fingerprint density at radius 3 is 1.85 bits per heavy atom. The van der Waals surface area contributed by atoms with Crippen LogP contribution in [0.1, 0.15) is 104 Å². The number of hydrogen-bond donors (Lipinski definition) is 2. The van der Waals surface area contributed by atoms with E-state index in [0.29, 0.717) is 6.61 Å². The van der Waals surface area contributed by atoms with Gasteiger partial charge in [0.25, 0.3) is 0 Å². The molecule has 0 aromatic rings. The fourth-order valence-electron chi connectivity index (χ4n) is 3.21. The standard InChI is InChI=1S/C23H45NO3/c1-4-5-6-7-8-9-10-11-12-13-14-15-16-17-18-21(2)23(26)24-22(19-25)20-27-3/h18,22,25H,4-17,19-20H2,1-3H3,(H,24,26)/b21-18+/t22-/m0/s1. The van der Waals surface area contributed by atoms with Crippen molar-refractivity contribution >= 4 is 5.91 Å². The number of hydrogen-bond acceptors (Lipinski definition) is 3. The topological polar surface area (TPSA) is 58.6 Å². The highest BCUT2D eigenvalue weighted by atomic mass is 16.5. The zero-order valence-corrected chi connectivity index (χ0v) is 18.2. The SMILES string of the molecule is CCCCCCCCCCCCCCC/C=C(\C)C(=O)N[C@@H](CO)COC. The first-order valence-electron chi connectivity index (χ1n) is 11.2. The normalized spacial score (nSPS) is 13.0. The van der Waals surface area contributed by atoms with E-state index in [0.717, 1.165) is 18.4 Å². The molecule has 4 nitrogen and oxygen atoms in total. The predicted octanol–water partition coefficient (Wildman–Crippen LogP) is 5.54. The van der Waals surface area contributed by atoms with Gasteiger partial charge < -0.3 is 15.2 Å². The lowest BCUT2D eigenvalue weighted by atomic mass is 10.0. The first-order valence-corrected chi connectivity index (χ1v) is 11.2. The van der Waals surface area contributed by atoms with Crippen LogP contribution in [-0.4, -0.2) is 37.4 Å². The molecule has 0 unspecified atom stereocenters. The summed E-state index contributed by atoms with van der Waals surface area (Å²) in [6.07, 6.45) is 20.6. The van der Waals surface area contributed by atoms with Crippen LogP contribution in [0.3, 0.4) is 0 Å². The summed E-state index contributed by atoms with van der Waals surface area (Å²) < 4.78 is 4.97. The second kappa shape index (κ2) is 19.9. The number of aliphatic hydroxyl groups is 1. The maximum absolute atomic E-state index is 12.0. The molecule has 27 heavy (non-hydrogen) atoms. The molecule has 0 aromatic heterocycles. The molecule has 0 aliphatic carbocycles. The lowest BCUT2D eigenvalue weighted by Crippen LogP contribution is -2.40. The van der Waals surface area contributed by atoms with Gasteiger partial charge in [-0.25, -0.2) is 0 Å². The molecule has 0 bridgehead atoms. The smallest absolute Gasteiger partial charge is 0.246 e. The first-order chi connectivity index (χ1) is 13.2. The predicted molar refractivity (Wildman–Crippen MR) is 115 cm³/mol. The van der Waals surface area contributed by atoms with Crippen molar-refractivity contribution in [2.24, 2.45) is 0 Å². The van der Waals surface area contributed by atoms with Gasteiger partial charge in [-0.1, -0.05) is 90.0 Å². The molecule has 0 aliphatic heterocycles. The third-order valence-electron chi connectivity index (χ3n) is 5.04. The molecule has 0 spiro atoms. The maximum Gasteiger partial charge on any atom is 0.246 e. The highest BCUT2D eigenvalue weighted by molar-refractivity contribution is 5.92. The number of ether oxygens (including phenoxy) is 1. The van der Waals surface area contributed by atoms with Gasteiger partial charge >= 0.3 is 0 Å². The molecule has 0 aromatic carbocycles. The van der Waals surface area contributed by atoms with Gasteiger partial charge in [0.15, 0.2) is 0 Å². The summed E-state index contributed by atoms with van der Waals surface area (Å²) in [5.41, 5.74) is 0.725. The van der Waals surface area contributed by atoms with Gasteiger partial charge in [-0.2, -0.15) is 0 Å². The number of unbranched alkanes of at least 4 members (excludes halogenated alkanes) is 13. The number of allylic oxidation sites excluding steroid dienone is 1. The van der Waals surface area contributed by atoms with Crippen LogP contribution in [0.5, 0.6) is 0 Å². The average molecular weight is 384 g/mol. The Kier molecular flexibility index (Phi) is 19.2. The lowest BCUT2D eigenvalue weighted by Gasteiger charge is -2.15. The summed E-state index contributed by atoms with van der Waals surface area (Å²) in [7, 11) is 1.56. The largest absolute Gasteiger partial charge is 0.394 e. The van der Waals surface area contributed by atoms with Crippen molar-refractivity contribution < 1.29 is 14.6 Å². The van der Waals surface area contributed by atoms with E-state index in [1.807, 2.05) is 13.0 Å². The van der Waals surface area contributed by atoms with E-state index >= 15 is 0 Å². The quantitative estimate of drug-likeness (QED) is 0.227. The van der Waals surface area contributed by atoms with Crippen LogP contribution in [0.4, 0.5) is 0 Å². The molecular weight excluding hydrogens is 338 g/mol. The van der Waals surface area contributed by atoms with Crippen LogP contribution in [0.2, 0.25) is 0 Å². The molecule has 4 heteroatoms. The van der Waals surface area contributed by atoms with Gasteiger partial charge in [0.1, 0.15) is 0 Å². The molecule has 1 amide bonds. The number of nitrogens with one attached hydrogen (secondary N) is 1. The van der Waals surface area contributed by atoms with Gasteiger partial charge in [-0.05, 0) is 19.8 Å². The summed E-state index contributed by atoms with van der Waals surface area (Å²) in [6.45, 7) is 4.32. The van der Waals surface area contributed by atoms with E-state index in [1.54, 1.807) is 7.11 Å². The van der Waals surface area contributed by atoms with Crippen molar-refractivity contribution in [2.75, 3.05) is 20.3 Å². The van der Waals surface area contributed by atoms with Crippen molar-refractivity contribution in [1.29, 1.82) is 0 Å². The Morgan fingerprint density at radius 1 is 0.926 bits per heavy atom. The number of amides is 1. The molecule has 0 aliphatic rings. The van der Waals surface area contributed by atoms with E-state index in [1.165, 1.54) is 77.0 Å². The Balaban J connectivity index is 3.51. The van der Waals surface area contributed by atoms with Crippen molar-refractivity contribution in [3.63, 3.8) is 0 Å². The summed E-state index contributed by atoms with van der Waals surface area (Å²) in [4.78, 5) is 12.0. The second-order valence-electron chi connectivity index (χ2n) is 7.73. The van der Waals surface area contributed by atoms with E-state index < -0.39 is 0 Å². The molecular formula is C23H45NO3. The minimum Gasteiger partial charge on any atom is -0.394 e.